The average Bonchev–Trinajstić information content (AvgIpc) is 3.02. The van der Waals surface area contributed by atoms with E-state index >= 15 is 0 Å². The number of benzene rings is 1. The number of hydrogen-bond donors (Lipinski definition) is 0. The van der Waals surface area contributed by atoms with Crippen molar-refractivity contribution in [1.29, 1.82) is 0 Å². The van der Waals surface area contributed by atoms with Gasteiger partial charge >= 0.3 is 0 Å². The number of hydrogen-bond acceptors (Lipinski definition) is 2. The molecule has 3 rings (SSSR count). The fourth-order valence-corrected chi connectivity index (χ4v) is 3.62. The lowest BCUT2D eigenvalue weighted by Crippen LogP contribution is -1.84. The van der Waals surface area contributed by atoms with Gasteiger partial charge in [0.25, 0.3) is 0 Å². The number of allylic oxidation sites excluding steroid dienone is 2. The molecular formula is C21H21NS. The van der Waals surface area contributed by atoms with Gasteiger partial charge in [-0.2, -0.15) is 0 Å². The third-order valence-corrected chi connectivity index (χ3v) is 5.07. The Hall–Kier alpha value is -2.19. The molecule has 0 atom stereocenters. The second-order valence-corrected chi connectivity index (χ2v) is 6.83. The molecule has 2 heteroatoms. The molecule has 0 N–H and O–H groups in total. The molecule has 116 valence electrons. The van der Waals surface area contributed by atoms with Crippen LogP contribution in [-0.2, 0) is 0 Å². The van der Waals surface area contributed by atoms with E-state index in [2.05, 4.69) is 68.1 Å². The molecule has 1 aromatic carbocycles. The molecule has 0 radical (unpaired) electrons. The first kappa shape index (κ1) is 15.7. The molecule has 0 spiro atoms. The van der Waals surface area contributed by atoms with Crippen molar-refractivity contribution in [3.63, 3.8) is 0 Å². The first-order valence-electron chi connectivity index (χ1n) is 7.89. The molecule has 0 unspecified atom stereocenters. The minimum absolute atomic E-state index is 0.997. The van der Waals surface area contributed by atoms with Gasteiger partial charge in [-0.3, -0.25) is 4.98 Å². The number of thiophene rings is 1. The number of pyridine rings is 1. The summed E-state index contributed by atoms with van der Waals surface area (Å²) in [4.78, 5) is 5.75. The number of nitrogens with zero attached hydrogens (tertiary/aromatic N) is 1. The van der Waals surface area contributed by atoms with Crippen molar-refractivity contribution in [1.82, 2.24) is 4.98 Å². The molecule has 2 heterocycles. The Balaban J connectivity index is 1.99. The van der Waals surface area contributed by atoms with Crippen LogP contribution < -0.4 is 0 Å². The molecular weight excluding hydrogens is 298 g/mol. The second-order valence-electron chi connectivity index (χ2n) is 5.89. The average molecular weight is 319 g/mol. The smallest absolute Gasteiger partial charge is 0.0731 e. The predicted molar refractivity (Wildman–Crippen MR) is 103 cm³/mol. The summed E-state index contributed by atoms with van der Waals surface area (Å²) in [6, 6.07) is 10.8. The molecule has 2 aromatic heterocycles. The van der Waals surface area contributed by atoms with Crippen molar-refractivity contribution >= 4 is 28.3 Å². The second kappa shape index (κ2) is 6.51. The van der Waals surface area contributed by atoms with Crippen LogP contribution in [0.15, 0.2) is 59.6 Å². The van der Waals surface area contributed by atoms with E-state index in [4.69, 9.17) is 0 Å². The summed E-state index contributed by atoms with van der Waals surface area (Å²) in [6.07, 6.45) is 5.08. The normalized spacial score (nSPS) is 11.9. The van der Waals surface area contributed by atoms with E-state index in [0.717, 1.165) is 11.9 Å². The zero-order valence-corrected chi connectivity index (χ0v) is 14.7. The van der Waals surface area contributed by atoms with E-state index < -0.39 is 0 Å². The summed E-state index contributed by atoms with van der Waals surface area (Å²) in [6.45, 7) is 10.5. The summed E-state index contributed by atoms with van der Waals surface area (Å²) in [5.41, 5.74) is 7.29. The largest absolute Gasteiger partial charge is 0.256 e. The minimum Gasteiger partial charge on any atom is -0.256 e. The highest BCUT2D eigenvalue weighted by Gasteiger charge is 2.06. The van der Waals surface area contributed by atoms with Gasteiger partial charge < -0.3 is 0 Å². The fourth-order valence-electron chi connectivity index (χ4n) is 2.72. The maximum absolute atomic E-state index is 4.47. The van der Waals surface area contributed by atoms with E-state index in [1.54, 1.807) is 11.3 Å². The molecule has 1 nitrogen and oxygen atoms in total. The molecule has 0 amide bonds. The lowest BCUT2D eigenvalue weighted by atomic mass is 10.0. The highest BCUT2D eigenvalue weighted by atomic mass is 32.1. The molecule has 0 aliphatic rings. The molecule has 0 aliphatic heterocycles. The van der Waals surface area contributed by atoms with Crippen LogP contribution in [0, 0.1) is 6.92 Å². The van der Waals surface area contributed by atoms with Crippen LogP contribution in [0.5, 0.6) is 0 Å². The summed E-state index contributed by atoms with van der Waals surface area (Å²) in [5.74, 6) is 0. The lowest BCUT2D eigenvalue weighted by molar-refractivity contribution is 1.12. The van der Waals surface area contributed by atoms with Gasteiger partial charge in [-0.1, -0.05) is 25.1 Å². The lowest BCUT2D eigenvalue weighted by Gasteiger charge is -2.05. The van der Waals surface area contributed by atoms with E-state index in [-0.39, 0.29) is 0 Å². The van der Waals surface area contributed by atoms with Crippen LogP contribution in [0.25, 0.3) is 28.1 Å². The number of rotatable bonds is 4. The van der Waals surface area contributed by atoms with E-state index in [9.17, 15) is 0 Å². The van der Waals surface area contributed by atoms with Crippen molar-refractivity contribution in [2.24, 2.45) is 0 Å². The third-order valence-electron chi connectivity index (χ3n) is 4.19. The van der Waals surface area contributed by atoms with Crippen LogP contribution in [0.2, 0.25) is 0 Å². The summed E-state index contributed by atoms with van der Waals surface area (Å²) >= 11 is 1.78. The zero-order valence-electron chi connectivity index (χ0n) is 13.9. The Labute approximate surface area is 142 Å². The van der Waals surface area contributed by atoms with Crippen LogP contribution in [-0.4, -0.2) is 4.98 Å². The molecule has 0 bridgehead atoms. The summed E-state index contributed by atoms with van der Waals surface area (Å²) < 4.78 is 0. The third kappa shape index (κ3) is 3.27. The number of aryl methyl sites for hydroxylation is 1. The Bertz CT molecular complexity index is 899. The fraction of sp³-hybridized carbons (Fsp3) is 0.190. The van der Waals surface area contributed by atoms with Crippen molar-refractivity contribution in [3.05, 3.63) is 70.1 Å². The Morgan fingerprint density at radius 3 is 2.87 bits per heavy atom. The molecule has 3 aromatic rings. The molecule has 0 aliphatic carbocycles. The predicted octanol–water partition coefficient (Wildman–Crippen LogP) is 6.64. The van der Waals surface area contributed by atoms with E-state index in [1.165, 1.54) is 38.1 Å². The Kier molecular flexibility index (Phi) is 4.44. The monoisotopic (exact) mass is 319 g/mol. The molecule has 0 saturated heterocycles. The van der Waals surface area contributed by atoms with Gasteiger partial charge in [-0.05, 0) is 78.3 Å². The van der Waals surface area contributed by atoms with Gasteiger partial charge in [0.15, 0.2) is 0 Å². The minimum atomic E-state index is 0.997. The first-order valence-corrected chi connectivity index (χ1v) is 8.77. The molecule has 0 saturated carbocycles. The summed E-state index contributed by atoms with van der Waals surface area (Å²) in [7, 11) is 0. The highest BCUT2D eigenvalue weighted by molar-refractivity contribution is 7.11. The van der Waals surface area contributed by atoms with Crippen LogP contribution in [0.4, 0.5) is 0 Å². The van der Waals surface area contributed by atoms with Crippen LogP contribution >= 0.6 is 11.3 Å². The maximum Gasteiger partial charge on any atom is 0.0731 e. The van der Waals surface area contributed by atoms with Crippen molar-refractivity contribution in [2.75, 3.05) is 0 Å². The standard InChI is InChI=1S/C21H21NS/c1-5-14(2)15(3)10-20-12-19(13-23-20)18-9-16(4)21-17(11-18)7-6-8-22-21/h6-13H,2,5H2,1,3-4H3/b15-10+. The Morgan fingerprint density at radius 2 is 2.09 bits per heavy atom. The van der Waals surface area contributed by atoms with Gasteiger partial charge in [-0.25, -0.2) is 0 Å². The molecule has 0 fully saturated rings. The summed E-state index contributed by atoms with van der Waals surface area (Å²) in [5, 5.41) is 3.42. The highest BCUT2D eigenvalue weighted by Crippen LogP contribution is 2.31. The van der Waals surface area contributed by atoms with Gasteiger partial charge in [0.05, 0.1) is 5.52 Å². The van der Waals surface area contributed by atoms with Gasteiger partial charge in [-0.15, -0.1) is 11.3 Å². The van der Waals surface area contributed by atoms with Gasteiger partial charge in [0.2, 0.25) is 0 Å². The van der Waals surface area contributed by atoms with Crippen LogP contribution in [0.1, 0.15) is 30.7 Å². The zero-order chi connectivity index (χ0) is 16.4. The van der Waals surface area contributed by atoms with Crippen molar-refractivity contribution in [2.45, 2.75) is 27.2 Å². The van der Waals surface area contributed by atoms with Gasteiger partial charge in [0, 0.05) is 16.5 Å². The first-order chi connectivity index (χ1) is 11.1. The van der Waals surface area contributed by atoms with Crippen molar-refractivity contribution < 1.29 is 0 Å². The molecule has 23 heavy (non-hydrogen) atoms. The number of aromatic nitrogens is 1. The van der Waals surface area contributed by atoms with Gasteiger partial charge in [0.1, 0.15) is 0 Å². The number of fused-ring (bicyclic) bond motifs is 1. The van der Waals surface area contributed by atoms with E-state index in [0.29, 0.717) is 0 Å². The maximum atomic E-state index is 4.47. The Morgan fingerprint density at radius 1 is 1.26 bits per heavy atom. The van der Waals surface area contributed by atoms with Crippen LogP contribution in [0.3, 0.4) is 0 Å². The van der Waals surface area contributed by atoms with E-state index in [1.807, 2.05) is 12.3 Å². The van der Waals surface area contributed by atoms with Crippen molar-refractivity contribution in [3.8, 4) is 11.1 Å². The quantitative estimate of drug-likeness (QED) is 0.491. The SMILES string of the molecule is C=C(CC)/C(C)=C/c1cc(-c2cc(C)c3ncccc3c2)cs1. The topological polar surface area (TPSA) is 12.9 Å².